The Kier molecular flexibility index (Phi) is 3.98. The number of amides is 2. The number of thiophene rings is 1. The molecule has 25 heavy (non-hydrogen) atoms. The van der Waals surface area contributed by atoms with Gasteiger partial charge in [-0.2, -0.15) is 10.1 Å². The fraction of sp³-hybridized carbons (Fsp3) is 0.333. The number of carbonyl (C=O) groups is 2. The number of fused-ring (bicyclic) bond motifs is 1. The van der Waals surface area contributed by atoms with Crippen molar-refractivity contribution in [2.45, 2.75) is 26.0 Å². The van der Waals surface area contributed by atoms with E-state index in [1.807, 2.05) is 0 Å². The third kappa shape index (κ3) is 3.01. The Labute approximate surface area is 145 Å². The number of hydrogen-bond acceptors (Lipinski definition) is 8. The number of carbonyl (C=O) groups excluding carboxylic acids is 2. The lowest BCUT2D eigenvalue weighted by Gasteiger charge is -2.12. The Hall–Kier alpha value is -2.72. The molecule has 1 N–H and O–H groups in total. The van der Waals surface area contributed by atoms with Gasteiger partial charge >= 0.3 is 0 Å². The zero-order chi connectivity index (χ0) is 17.4. The highest BCUT2D eigenvalue weighted by Crippen LogP contribution is 2.42. The van der Waals surface area contributed by atoms with E-state index in [2.05, 4.69) is 25.7 Å². The summed E-state index contributed by atoms with van der Waals surface area (Å²) < 4.78 is 10.8. The predicted octanol–water partition coefficient (Wildman–Crippen LogP) is 2.03. The van der Waals surface area contributed by atoms with Crippen LogP contribution >= 0.6 is 11.3 Å². The van der Waals surface area contributed by atoms with Gasteiger partial charge in [0.2, 0.25) is 0 Å². The van der Waals surface area contributed by atoms with Crippen molar-refractivity contribution < 1.29 is 18.8 Å². The second kappa shape index (κ2) is 6.30. The highest BCUT2D eigenvalue weighted by Gasteiger charge is 2.28. The lowest BCUT2D eigenvalue weighted by atomic mass is 10.1. The van der Waals surface area contributed by atoms with E-state index in [9.17, 15) is 9.59 Å². The molecule has 0 saturated carbocycles. The molecule has 0 spiro atoms. The summed E-state index contributed by atoms with van der Waals surface area (Å²) in [5, 5.41) is 14.4. The van der Waals surface area contributed by atoms with Crippen molar-refractivity contribution in [2.75, 3.05) is 11.9 Å². The van der Waals surface area contributed by atoms with Crippen molar-refractivity contribution >= 4 is 28.2 Å². The van der Waals surface area contributed by atoms with E-state index in [4.69, 9.17) is 9.26 Å². The molecule has 0 bridgehead atoms. The highest BCUT2D eigenvalue weighted by molar-refractivity contribution is 7.17. The van der Waals surface area contributed by atoms with Gasteiger partial charge < -0.3 is 14.6 Å². The molecule has 0 fully saturated rings. The third-order valence-corrected chi connectivity index (χ3v) is 4.89. The number of nitrogens with zero attached hydrogens (tertiary/aromatic N) is 4. The molecule has 0 radical (unpaired) electrons. The normalized spacial score (nSPS) is 19.1. The van der Waals surface area contributed by atoms with Crippen LogP contribution in [0.1, 0.15) is 16.3 Å². The SMILES string of the molecule is Cc1noc(-c2c(NC(=O)C3C=CC(=O)N=N3)sc3c2CCOC3)n1. The molecule has 2 aliphatic heterocycles. The van der Waals surface area contributed by atoms with E-state index >= 15 is 0 Å². The number of hydrogen-bond donors (Lipinski definition) is 1. The summed E-state index contributed by atoms with van der Waals surface area (Å²) in [6, 6.07) is -0.842. The highest BCUT2D eigenvalue weighted by atomic mass is 32.1. The van der Waals surface area contributed by atoms with Crippen LogP contribution in [0, 0.1) is 6.92 Å². The monoisotopic (exact) mass is 359 g/mol. The summed E-state index contributed by atoms with van der Waals surface area (Å²) in [5.74, 6) is 0.0179. The first-order valence-electron chi connectivity index (χ1n) is 7.58. The third-order valence-electron chi connectivity index (χ3n) is 3.77. The molecule has 9 nitrogen and oxygen atoms in total. The molecule has 128 valence electrons. The Morgan fingerprint density at radius 1 is 1.44 bits per heavy atom. The average Bonchev–Trinajstić information content (AvgIpc) is 3.18. The van der Waals surface area contributed by atoms with Crippen LogP contribution in [0.15, 0.2) is 26.9 Å². The molecule has 1 unspecified atom stereocenters. The summed E-state index contributed by atoms with van der Waals surface area (Å²) in [4.78, 5) is 28.8. The summed E-state index contributed by atoms with van der Waals surface area (Å²) >= 11 is 1.41. The maximum atomic E-state index is 12.5. The molecule has 2 aromatic heterocycles. The first kappa shape index (κ1) is 15.8. The van der Waals surface area contributed by atoms with Crippen molar-refractivity contribution in [3.8, 4) is 11.5 Å². The Balaban J connectivity index is 1.68. The fourth-order valence-corrected chi connectivity index (χ4v) is 3.82. The van der Waals surface area contributed by atoms with Gasteiger partial charge in [0.1, 0.15) is 5.00 Å². The molecule has 1 atom stereocenters. The Morgan fingerprint density at radius 2 is 2.32 bits per heavy atom. The Morgan fingerprint density at radius 3 is 3.04 bits per heavy atom. The van der Waals surface area contributed by atoms with Gasteiger partial charge in [0.15, 0.2) is 11.9 Å². The van der Waals surface area contributed by atoms with Gasteiger partial charge in [0.05, 0.1) is 18.8 Å². The maximum absolute atomic E-state index is 12.5. The van der Waals surface area contributed by atoms with Crippen molar-refractivity contribution in [3.63, 3.8) is 0 Å². The number of azo groups is 1. The average molecular weight is 359 g/mol. The van der Waals surface area contributed by atoms with Crippen molar-refractivity contribution in [2.24, 2.45) is 10.2 Å². The minimum atomic E-state index is -0.842. The van der Waals surface area contributed by atoms with E-state index in [-0.39, 0.29) is 5.91 Å². The van der Waals surface area contributed by atoms with Crippen LogP contribution in [0.4, 0.5) is 5.00 Å². The smallest absolute Gasteiger partial charge is 0.287 e. The minimum Gasteiger partial charge on any atom is -0.376 e. The molecule has 10 heteroatoms. The molecular weight excluding hydrogens is 346 g/mol. The van der Waals surface area contributed by atoms with Gasteiger partial charge in [-0.1, -0.05) is 5.16 Å². The first-order valence-corrected chi connectivity index (χ1v) is 8.40. The number of anilines is 1. The van der Waals surface area contributed by atoms with Crippen LogP contribution in [-0.4, -0.2) is 34.6 Å². The minimum absolute atomic E-state index is 0.364. The second-order valence-electron chi connectivity index (χ2n) is 5.50. The topological polar surface area (TPSA) is 119 Å². The van der Waals surface area contributed by atoms with Gasteiger partial charge in [0.25, 0.3) is 17.7 Å². The summed E-state index contributed by atoms with van der Waals surface area (Å²) in [5.41, 5.74) is 1.77. The maximum Gasteiger partial charge on any atom is 0.287 e. The van der Waals surface area contributed by atoms with Crippen molar-refractivity contribution in [3.05, 3.63) is 28.4 Å². The zero-order valence-corrected chi connectivity index (χ0v) is 14.0. The van der Waals surface area contributed by atoms with Crippen LogP contribution in [0.25, 0.3) is 11.5 Å². The van der Waals surface area contributed by atoms with Crippen LogP contribution < -0.4 is 5.32 Å². The molecule has 0 aromatic carbocycles. The van der Waals surface area contributed by atoms with E-state index in [1.165, 1.54) is 23.5 Å². The van der Waals surface area contributed by atoms with Crippen molar-refractivity contribution in [1.82, 2.24) is 10.1 Å². The Bertz CT molecular complexity index is 897. The predicted molar refractivity (Wildman–Crippen MR) is 87.1 cm³/mol. The number of aromatic nitrogens is 2. The molecule has 4 heterocycles. The largest absolute Gasteiger partial charge is 0.376 e. The number of rotatable bonds is 3. The van der Waals surface area contributed by atoms with E-state index in [0.29, 0.717) is 36.4 Å². The summed E-state index contributed by atoms with van der Waals surface area (Å²) in [7, 11) is 0. The summed E-state index contributed by atoms with van der Waals surface area (Å²) in [6.45, 7) is 2.81. The lowest BCUT2D eigenvalue weighted by molar-refractivity contribution is -0.117. The molecular formula is C15H13N5O4S. The number of ether oxygens (including phenoxy) is 1. The van der Waals surface area contributed by atoms with Crippen LogP contribution in [0.5, 0.6) is 0 Å². The zero-order valence-electron chi connectivity index (χ0n) is 13.2. The summed E-state index contributed by atoms with van der Waals surface area (Å²) in [6.07, 6.45) is 3.35. The lowest BCUT2D eigenvalue weighted by Crippen LogP contribution is -2.25. The van der Waals surface area contributed by atoms with E-state index in [1.54, 1.807) is 6.92 Å². The standard InChI is InChI=1S/C15H13N5O4S/c1-7-16-14(24-20-7)12-8-4-5-23-6-10(8)25-15(12)17-13(22)9-2-3-11(21)19-18-9/h2-3,9H,4-6H2,1H3,(H,17,22). The number of nitrogens with one attached hydrogen (secondary N) is 1. The van der Waals surface area contributed by atoms with Gasteiger partial charge in [0, 0.05) is 11.0 Å². The molecule has 2 amide bonds. The van der Waals surface area contributed by atoms with Crippen molar-refractivity contribution in [1.29, 1.82) is 0 Å². The fourth-order valence-electron chi connectivity index (χ4n) is 2.64. The van der Waals surface area contributed by atoms with E-state index < -0.39 is 11.9 Å². The first-order chi connectivity index (χ1) is 12.1. The van der Waals surface area contributed by atoms with E-state index in [0.717, 1.165) is 16.0 Å². The van der Waals surface area contributed by atoms with Crippen LogP contribution in [-0.2, 0) is 27.4 Å². The molecule has 4 rings (SSSR count). The van der Waals surface area contributed by atoms with Gasteiger partial charge in [-0.15, -0.1) is 16.5 Å². The number of aryl methyl sites for hydroxylation is 1. The van der Waals surface area contributed by atoms with Gasteiger partial charge in [-0.25, -0.2) is 0 Å². The second-order valence-corrected chi connectivity index (χ2v) is 6.61. The molecule has 2 aromatic rings. The quantitative estimate of drug-likeness (QED) is 0.895. The molecule has 2 aliphatic rings. The van der Waals surface area contributed by atoms with Crippen LogP contribution in [0.3, 0.4) is 0 Å². The van der Waals surface area contributed by atoms with Gasteiger partial charge in [-0.05, 0) is 25.0 Å². The molecule has 0 saturated heterocycles. The van der Waals surface area contributed by atoms with Gasteiger partial charge in [-0.3, -0.25) is 9.59 Å². The molecule has 0 aliphatic carbocycles. The van der Waals surface area contributed by atoms with Crippen LogP contribution in [0.2, 0.25) is 0 Å².